The van der Waals surface area contributed by atoms with Crippen LogP contribution >= 0.6 is 11.8 Å². The lowest BCUT2D eigenvalue weighted by molar-refractivity contribution is 0.561. The Hall–Kier alpha value is -1.39. The van der Waals surface area contributed by atoms with Crippen molar-refractivity contribution in [1.29, 1.82) is 10.5 Å². The smallest absolute Gasteiger partial charge is 0.102 e. The van der Waals surface area contributed by atoms with Crippen molar-refractivity contribution in [1.82, 2.24) is 4.90 Å². The first-order chi connectivity index (χ1) is 6.69. The molecule has 4 heteroatoms. The molecule has 1 aliphatic rings. The van der Waals surface area contributed by atoms with Gasteiger partial charge in [0, 0.05) is 36.5 Å². The van der Waals surface area contributed by atoms with E-state index in [1.54, 1.807) is 18.0 Å². The first kappa shape index (κ1) is 10.7. The van der Waals surface area contributed by atoms with Crippen molar-refractivity contribution in [3.63, 3.8) is 0 Å². The molecule has 0 bridgehead atoms. The third kappa shape index (κ3) is 2.31. The topological polar surface area (TPSA) is 50.8 Å². The highest BCUT2D eigenvalue weighted by atomic mass is 32.2. The number of thioether (sulfide) groups is 1. The number of nitriles is 2. The molecule has 72 valence electrons. The summed E-state index contributed by atoms with van der Waals surface area (Å²) >= 11 is 1.59. The Morgan fingerprint density at radius 1 is 1.50 bits per heavy atom. The third-order valence-corrected chi connectivity index (χ3v) is 2.92. The van der Waals surface area contributed by atoms with Gasteiger partial charge in [0.25, 0.3) is 0 Å². The molecule has 0 atom stereocenters. The molecule has 1 rings (SSSR count). The highest BCUT2D eigenvalue weighted by Crippen LogP contribution is 2.35. The summed E-state index contributed by atoms with van der Waals surface area (Å²) in [7, 11) is 3.73. The summed E-state index contributed by atoms with van der Waals surface area (Å²) < 4.78 is 0. The van der Waals surface area contributed by atoms with Crippen LogP contribution in [0.5, 0.6) is 0 Å². The molecule has 0 aliphatic carbocycles. The lowest BCUT2D eigenvalue weighted by Crippen LogP contribution is -2.03. The molecule has 1 heterocycles. The zero-order valence-corrected chi connectivity index (χ0v) is 9.06. The van der Waals surface area contributed by atoms with Crippen LogP contribution in [-0.2, 0) is 0 Å². The van der Waals surface area contributed by atoms with Gasteiger partial charge in [0.15, 0.2) is 0 Å². The van der Waals surface area contributed by atoms with Crippen LogP contribution in [0, 0.1) is 22.7 Å². The van der Waals surface area contributed by atoms with Crippen molar-refractivity contribution in [3.8, 4) is 12.1 Å². The molecular weight excluding hydrogens is 194 g/mol. The second-order valence-corrected chi connectivity index (χ2v) is 4.24. The summed E-state index contributed by atoms with van der Waals surface area (Å²) in [5.74, 6) is 0.907. The Morgan fingerprint density at radius 3 is 2.71 bits per heavy atom. The van der Waals surface area contributed by atoms with Crippen LogP contribution < -0.4 is 0 Å². The average Bonchev–Trinajstić information content (AvgIpc) is 2.61. The van der Waals surface area contributed by atoms with Crippen molar-refractivity contribution in [3.05, 3.63) is 22.3 Å². The van der Waals surface area contributed by atoms with Gasteiger partial charge in [-0.1, -0.05) is 0 Å². The molecule has 0 fully saturated rings. The molecular formula is C10H11N3S. The third-order valence-electron chi connectivity index (χ3n) is 1.76. The Balaban J connectivity index is 3.04. The lowest BCUT2D eigenvalue weighted by Gasteiger charge is -2.06. The molecule has 0 aromatic rings. The summed E-state index contributed by atoms with van der Waals surface area (Å²) in [4.78, 5) is 2.67. The first-order valence-electron chi connectivity index (χ1n) is 4.23. The summed E-state index contributed by atoms with van der Waals surface area (Å²) in [6.45, 7) is 0. The van der Waals surface area contributed by atoms with Crippen LogP contribution in [0.1, 0.15) is 6.42 Å². The van der Waals surface area contributed by atoms with E-state index in [0.29, 0.717) is 5.57 Å². The quantitative estimate of drug-likeness (QED) is 0.646. The van der Waals surface area contributed by atoms with Gasteiger partial charge in [-0.05, 0) is 6.42 Å². The largest absolute Gasteiger partial charge is 0.382 e. The summed E-state index contributed by atoms with van der Waals surface area (Å²) in [5.41, 5.74) is 1.33. The van der Waals surface area contributed by atoms with E-state index in [0.717, 1.165) is 22.7 Å². The molecule has 14 heavy (non-hydrogen) atoms. The van der Waals surface area contributed by atoms with Crippen molar-refractivity contribution < 1.29 is 0 Å². The second-order valence-electron chi connectivity index (χ2n) is 3.14. The molecule has 0 saturated carbocycles. The minimum Gasteiger partial charge on any atom is -0.382 e. The van der Waals surface area contributed by atoms with E-state index in [2.05, 4.69) is 12.1 Å². The first-order valence-corrected chi connectivity index (χ1v) is 5.22. The normalized spacial score (nSPS) is 16.4. The van der Waals surface area contributed by atoms with Crippen LogP contribution in [0.3, 0.4) is 0 Å². The minimum absolute atomic E-state index is 0.592. The lowest BCUT2D eigenvalue weighted by atomic mass is 10.1. The molecule has 0 N–H and O–H groups in total. The number of nitrogens with zero attached hydrogens (tertiary/aromatic N) is 3. The average molecular weight is 205 g/mol. The molecule has 0 saturated heterocycles. The fourth-order valence-electron chi connectivity index (χ4n) is 1.20. The molecule has 0 amide bonds. The van der Waals surface area contributed by atoms with E-state index in [-0.39, 0.29) is 0 Å². The highest BCUT2D eigenvalue weighted by molar-refractivity contribution is 8.03. The fourth-order valence-corrected chi connectivity index (χ4v) is 2.29. The molecule has 0 aromatic carbocycles. The van der Waals surface area contributed by atoms with Gasteiger partial charge >= 0.3 is 0 Å². The zero-order valence-electron chi connectivity index (χ0n) is 8.24. The Labute approximate surface area is 88.3 Å². The SMILES string of the molecule is CN(C)/C=C(\C#N)C1=C(C#N)CCS1. The van der Waals surface area contributed by atoms with Crippen molar-refractivity contribution in [2.75, 3.05) is 19.8 Å². The minimum atomic E-state index is 0.592. The van der Waals surface area contributed by atoms with Gasteiger partial charge in [0.05, 0.1) is 11.6 Å². The summed E-state index contributed by atoms with van der Waals surface area (Å²) in [6, 6.07) is 4.28. The highest BCUT2D eigenvalue weighted by Gasteiger charge is 2.18. The van der Waals surface area contributed by atoms with E-state index in [1.807, 2.05) is 19.0 Å². The Morgan fingerprint density at radius 2 is 2.21 bits per heavy atom. The fraction of sp³-hybridized carbons (Fsp3) is 0.400. The van der Waals surface area contributed by atoms with Gasteiger partial charge in [-0.25, -0.2) is 0 Å². The van der Waals surface area contributed by atoms with E-state index in [4.69, 9.17) is 10.5 Å². The maximum Gasteiger partial charge on any atom is 0.102 e. The van der Waals surface area contributed by atoms with Gasteiger partial charge in [-0.3, -0.25) is 0 Å². The standard InChI is InChI=1S/C10H11N3S/c1-13(2)7-9(6-12)10-8(5-11)3-4-14-10/h7H,3-4H2,1-2H3/b9-7+. The Bertz CT molecular complexity index is 366. The van der Waals surface area contributed by atoms with E-state index in [9.17, 15) is 0 Å². The van der Waals surface area contributed by atoms with Crippen LogP contribution in [0.2, 0.25) is 0 Å². The molecule has 3 nitrogen and oxygen atoms in total. The number of hydrogen-bond donors (Lipinski definition) is 0. The van der Waals surface area contributed by atoms with Crippen LogP contribution in [0.25, 0.3) is 0 Å². The van der Waals surface area contributed by atoms with Crippen molar-refractivity contribution in [2.45, 2.75) is 6.42 Å². The molecule has 0 radical (unpaired) electrons. The number of rotatable bonds is 2. The summed E-state index contributed by atoms with van der Waals surface area (Å²) in [6.07, 6.45) is 2.54. The van der Waals surface area contributed by atoms with Gasteiger partial charge in [-0.15, -0.1) is 11.8 Å². The van der Waals surface area contributed by atoms with Gasteiger partial charge in [-0.2, -0.15) is 10.5 Å². The monoisotopic (exact) mass is 205 g/mol. The maximum atomic E-state index is 8.95. The molecule has 0 aromatic heterocycles. The predicted octanol–water partition coefficient (Wildman–Crippen LogP) is 1.87. The molecule has 1 aliphatic heterocycles. The van der Waals surface area contributed by atoms with Gasteiger partial charge < -0.3 is 4.90 Å². The van der Waals surface area contributed by atoms with E-state index in [1.165, 1.54) is 0 Å². The molecule has 0 unspecified atom stereocenters. The number of allylic oxidation sites excluding steroid dienone is 2. The van der Waals surface area contributed by atoms with E-state index < -0.39 is 0 Å². The molecule has 0 spiro atoms. The Kier molecular flexibility index (Phi) is 3.62. The van der Waals surface area contributed by atoms with Crippen molar-refractivity contribution in [2.24, 2.45) is 0 Å². The van der Waals surface area contributed by atoms with Crippen LogP contribution in [-0.4, -0.2) is 24.7 Å². The van der Waals surface area contributed by atoms with Crippen LogP contribution in [0.4, 0.5) is 0 Å². The van der Waals surface area contributed by atoms with Crippen molar-refractivity contribution >= 4 is 11.8 Å². The zero-order chi connectivity index (χ0) is 10.6. The van der Waals surface area contributed by atoms with Crippen LogP contribution in [0.15, 0.2) is 22.3 Å². The van der Waals surface area contributed by atoms with Gasteiger partial charge in [0.1, 0.15) is 6.07 Å². The van der Waals surface area contributed by atoms with E-state index >= 15 is 0 Å². The maximum absolute atomic E-state index is 8.95. The number of hydrogen-bond acceptors (Lipinski definition) is 4. The summed E-state index contributed by atoms with van der Waals surface area (Å²) in [5, 5.41) is 17.8. The second kappa shape index (κ2) is 4.74. The predicted molar refractivity (Wildman–Crippen MR) is 57.1 cm³/mol. The van der Waals surface area contributed by atoms with Gasteiger partial charge in [0.2, 0.25) is 0 Å².